The predicted octanol–water partition coefficient (Wildman–Crippen LogP) is 3.31. The molecule has 2 amide bonds. The molecule has 0 aromatic heterocycles. The minimum absolute atomic E-state index is 0.00425. The summed E-state index contributed by atoms with van der Waals surface area (Å²) in [6.45, 7) is 3.39. The lowest BCUT2D eigenvalue weighted by atomic mass is 10.1. The number of likely N-dealkylation sites (tertiary alicyclic amines) is 1. The molecule has 3 rings (SSSR count). The Bertz CT molecular complexity index is 774. The van der Waals surface area contributed by atoms with Gasteiger partial charge in [0, 0.05) is 31.1 Å². The van der Waals surface area contributed by atoms with E-state index in [0.717, 1.165) is 11.1 Å². The molecule has 0 spiro atoms. The molecule has 0 aliphatic carbocycles. The smallest absolute Gasteiger partial charge is 0.225 e. The van der Waals surface area contributed by atoms with Gasteiger partial charge >= 0.3 is 0 Å². The van der Waals surface area contributed by atoms with Crippen LogP contribution in [-0.4, -0.2) is 23.3 Å². The second kappa shape index (κ2) is 7.70. The molecule has 130 valence electrons. The van der Waals surface area contributed by atoms with E-state index in [-0.39, 0.29) is 24.2 Å². The molecule has 1 aliphatic heterocycles. The van der Waals surface area contributed by atoms with Gasteiger partial charge in [-0.15, -0.1) is 0 Å². The van der Waals surface area contributed by atoms with E-state index < -0.39 is 0 Å². The molecule has 1 aliphatic rings. The van der Waals surface area contributed by atoms with E-state index in [9.17, 15) is 9.59 Å². The fourth-order valence-electron chi connectivity index (χ4n) is 2.97. The van der Waals surface area contributed by atoms with Gasteiger partial charge in [-0.1, -0.05) is 59.6 Å². The Labute approximate surface area is 152 Å². The highest BCUT2D eigenvalue weighted by Crippen LogP contribution is 2.23. The maximum Gasteiger partial charge on any atom is 0.225 e. The zero-order valence-electron chi connectivity index (χ0n) is 14.2. The van der Waals surface area contributed by atoms with Crippen LogP contribution < -0.4 is 5.32 Å². The summed E-state index contributed by atoms with van der Waals surface area (Å²) >= 11 is 6.16. The summed E-state index contributed by atoms with van der Waals surface area (Å²) in [5.41, 5.74) is 3.14. The lowest BCUT2D eigenvalue weighted by Crippen LogP contribution is -2.32. The first-order chi connectivity index (χ1) is 12.0. The van der Waals surface area contributed by atoms with Crippen LogP contribution in [0.3, 0.4) is 0 Å². The van der Waals surface area contributed by atoms with Gasteiger partial charge in [-0.05, 0) is 24.1 Å². The molecule has 1 saturated heterocycles. The van der Waals surface area contributed by atoms with E-state index in [1.54, 1.807) is 4.90 Å². The van der Waals surface area contributed by atoms with Gasteiger partial charge in [0.05, 0.1) is 5.92 Å². The van der Waals surface area contributed by atoms with Gasteiger partial charge in [-0.2, -0.15) is 0 Å². The number of nitrogens with one attached hydrogen (secondary N) is 1. The third-order valence-electron chi connectivity index (χ3n) is 4.49. The van der Waals surface area contributed by atoms with Crippen molar-refractivity contribution in [1.29, 1.82) is 0 Å². The Hall–Kier alpha value is -2.33. The Morgan fingerprint density at radius 3 is 2.64 bits per heavy atom. The van der Waals surface area contributed by atoms with Crippen LogP contribution in [0.25, 0.3) is 0 Å². The van der Waals surface area contributed by atoms with Crippen molar-refractivity contribution in [2.75, 3.05) is 6.54 Å². The van der Waals surface area contributed by atoms with Crippen LogP contribution in [-0.2, 0) is 22.7 Å². The summed E-state index contributed by atoms with van der Waals surface area (Å²) in [5.74, 6) is -0.383. The van der Waals surface area contributed by atoms with Crippen molar-refractivity contribution < 1.29 is 9.59 Å². The molecular weight excluding hydrogens is 336 g/mol. The standard InChI is InChI=1S/C20H21ClN2O2/c1-14-6-8-15(9-7-14)11-22-20(25)17-10-19(24)23(13-17)12-16-4-2-3-5-18(16)21/h2-9,17H,10-13H2,1H3,(H,22,25). The highest BCUT2D eigenvalue weighted by molar-refractivity contribution is 6.31. The first kappa shape index (κ1) is 17.5. The molecule has 0 bridgehead atoms. The lowest BCUT2D eigenvalue weighted by molar-refractivity contribution is -0.129. The summed E-state index contributed by atoms with van der Waals surface area (Å²) in [6, 6.07) is 15.5. The van der Waals surface area contributed by atoms with Crippen LogP contribution >= 0.6 is 11.6 Å². The van der Waals surface area contributed by atoms with E-state index in [0.29, 0.717) is 24.7 Å². The zero-order valence-corrected chi connectivity index (χ0v) is 14.9. The van der Waals surface area contributed by atoms with Crippen LogP contribution in [0, 0.1) is 12.8 Å². The minimum Gasteiger partial charge on any atom is -0.352 e. The monoisotopic (exact) mass is 356 g/mol. The molecule has 2 aromatic carbocycles. The van der Waals surface area contributed by atoms with Crippen LogP contribution in [0.15, 0.2) is 48.5 Å². The van der Waals surface area contributed by atoms with E-state index in [4.69, 9.17) is 11.6 Å². The molecule has 1 unspecified atom stereocenters. The van der Waals surface area contributed by atoms with Crippen molar-refractivity contribution in [2.24, 2.45) is 5.92 Å². The quantitative estimate of drug-likeness (QED) is 0.893. The van der Waals surface area contributed by atoms with Crippen LogP contribution in [0.2, 0.25) is 5.02 Å². The molecule has 0 radical (unpaired) electrons. The Morgan fingerprint density at radius 1 is 1.20 bits per heavy atom. The molecule has 25 heavy (non-hydrogen) atoms. The lowest BCUT2D eigenvalue weighted by Gasteiger charge is -2.17. The number of amides is 2. The summed E-state index contributed by atoms with van der Waals surface area (Å²) in [4.78, 5) is 26.3. The second-order valence-corrected chi connectivity index (χ2v) is 6.88. The average Bonchev–Trinajstić information content (AvgIpc) is 2.97. The molecule has 5 heteroatoms. The SMILES string of the molecule is Cc1ccc(CNC(=O)C2CC(=O)N(Cc3ccccc3Cl)C2)cc1. The van der Waals surface area contributed by atoms with E-state index in [1.807, 2.05) is 55.5 Å². The third kappa shape index (κ3) is 4.40. The first-order valence-corrected chi connectivity index (χ1v) is 8.75. The summed E-state index contributed by atoms with van der Waals surface area (Å²) in [5, 5.41) is 3.57. The topological polar surface area (TPSA) is 49.4 Å². The normalized spacial score (nSPS) is 17.0. The van der Waals surface area contributed by atoms with Gasteiger partial charge in [0.2, 0.25) is 11.8 Å². The molecule has 1 N–H and O–H groups in total. The van der Waals surface area contributed by atoms with E-state index in [2.05, 4.69) is 5.32 Å². The van der Waals surface area contributed by atoms with Gasteiger partial charge in [0.15, 0.2) is 0 Å². The molecular formula is C20H21ClN2O2. The van der Waals surface area contributed by atoms with Crippen molar-refractivity contribution in [2.45, 2.75) is 26.4 Å². The first-order valence-electron chi connectivity index (χ1n) is 8.37. The van der Waals surface area contributed by atoms with Crippen molar-refractivity contribution in [3.8, 4) is 0 Å². The van der Waals surface area contributed by atoms with Crippen molar-refractivity contribution >= 4 is 23.4 Å². The number of rotatable bonds is 5. The van der Waals surface area contributed by atoms with Gasteiger partial charge in [-0.3, -0.25) is 9.59 Å². The average molecular weight is 357 g/mol. The van der Waals surface area contributed by atoms with Crippen LogP contribution in [0.4, 0.5) is 0 Å². The number of nitrogens with zero attached hydrogens (tertiary/aromatic N) is 1. The summed E-state index contributed by atoms with van der Waals surface area (Å²) in [6.07, 6.45) is 0.254. The maximum absolute atomic E-state index is 12.4. The van der Waals surface area contributed by atoms with Crippen molar-refractivity contribution in [3.63, 3.8) is 0 Å². The fourth-order valence-corrected chi connectivity index (χ4v) is 3.17. The third-order valence-corrected chi connectivity index (χ3v) is 4.86. The highest BCUT2D eigenvalue weighted by Gasteiger charge is 2.34. The van der Waals surface area contributed by atoms with Crippen molar-refractivity contribution in [1.82, 2.24) is 10.2 Å². The minimum atomic E-state index is -0.305. The summed E-state index contributed by atoms with van der Waals surface area (Å²) in [7, 11) is 0. The Balaban J connectivity index is 1.55. The van der Waals surface area contributed by atoms with Crippen LogP contribution in [0.1, 0.15) is 23.1 Å². The van der Waals surface area contributed by atoms with Gasteiger partial charge in [-0.25, -0.2) is 0 Å². The Kier molecular flexibility index (Phi) is 5.39. The summed E-state index contributed by atoms with van der Waals surface area (Å²) < 4.78 is 0. The van der Waals surface area contributed by atoms with Gasteiger partial charge in [0.25, 0.3) is 0 Å². The van der Waals surface area contributed by atoms with Crippen LogP contribution in [0.5, 0.6) is 0 Å². The number of halogens is 1. The molecule has 1 fully saturated rings. The zero-order chi connectivity index (χ0) is 17.8. The number of aryl methyl sites for hydroxylation is 1. The molecule has 4 nitrogen and oxygen atoms in total. The maximum atomic E-state index is 12.4. The number of carbonyl (C=O) groups is 2. The van der Waals surface area contributed by atoms with Gasteiger partial charge < -0.3 is 10.2 Å². The van der Waals surface area contributed by atoms with Gasteiger partial charge in [0.1, 0.15) is 0 Å². The van der Waals surface area contributed by atoms with Crippen molar-refractivity contribution in [3.05, 3.63) is 70.2 Å². The number of hydrogen-bond acceptors (Lipinski definition) is 2. The molecule has 0 saturated carbocycles. The molecule has 2 aromatic rings. The predicted molar refractivity (Wildman–Crippen MR) is 98.0 cm³/mol. The molecule has 1 heterocycles. The second-order valence-electron chi connectivity index (χ2n) is 6.47. The van der Waals surface area contributed by atoms with E-state index in [1.165, 1.54) is 5.56 Å². The Morgan fingerprint density at radius 2 is 1.92 bits per heavy atom. The fraction of sp³-hybridized carbons (Fsp3) is 0.300. The number of hydrogen-bond donors (Lipinski definition) is 1. The molecule has 1 atom stereocenters. The number of carbonyl (C=O) groups excluding carboxylic acids is 2. The number of benzene rings is 2. The van der Waals surface area contributed by atoms with E-state index >= 15 is 0 Å². The largest absolute Gasteiger partial charge is 0.352 e. The highest BCUT2D eigenvalue weighted by atomic mass is 35.5.